The Balaban J connectivity index is 1.36. The lowest BCUT2D eigenvalue weighted by molar-refractivity contribution is 0.101. The molecule has 0 saturated heterocycles. The first-order valence-corrected chi connectivity index (χ1v) is 10.8. The number of carbonyl (C=O) groups excluding carboxylic acids is 1. The molecule has 0 saturated carbocycles. The van der Waals surface area contributed by atoms with E-state index < -0.39 is 11.7 Å². The van der Waals surface area contributed by atoms with Gasteiger partial charge in [-0.05, 0) is 52.3 Å². The summed E-state index contributed by atoms with van der Waals surface area (Å²) in [5.74, 6) is 0.0392. The normalized spacial score (nSPS) is 10.9. The summed E-state index contributed by atoms with van der Waals surface area (Å²) < 4.78 is 23.3. The molecule has 164 valence electrons. The van der Waals surface area contributed by atoms with Crippen LogP contribution in [0.4, 0.5) is 10.2 Å². The second kappa shape index (κ2) is 9.72. The Kier molecular flexibility index (Phi) is 6.78. The van der Waals surface area contributed by atoms with Gasteiger partial charge >= 0.3 is 0 Å². The molecule has 2 aromatic heterocycles. The lowest BCUT2D eigenvalue weighted by atomic mass is 10.2. The van der Waals surface area contributed by atoms with Crippen LogP contribution in [0.2, 0.25) is 10.0 Å². The van der Waals surface area contributed by atoms with Crippen molar-refractivity contribution in [2.75, 3.05) is 5.32 Å². The summed E-state index contributed by atoms with van der Waals surface area (Å²) in [7, 11) is 0. The molecule has 0 radical (unpaired) electrons. The van der Waals surface area contributed by atoms with E-state index in [9.17, 15) is 9.18 Å². The number of nitrogens with one attached hydrogen (secondary N) is 1. The van der Waals surface area contributed by atoms with Crippen LogP contribution in [0, 0.1) is 5.82 Å². The molecule has 32 heavy (non-hydrogen) atoms. The molecule has 0 fully saturated rings. The molecular formula is C21H15BrCl2FN5O2. The van der Waals surface area contributed by atoms with E-state index in [0.717, 1.165) is 0 Å². The van der Waals surface area contributed by atoms with E-state index in [-0.39, 0.29) is 19.0 Å². The third-order valence-corrected chi connectivity index (χ3v) is 5.59. The number of carbonyl (C=O) groups is 1. The van der Waals surface area contributed by atoms with Crippen molar-refractivity contribution >= 4 is 50.9 Å². The van der Waals surface area contributed by atoms with Crippen LogP contribution in [0.1, 0.15) is 16.1 Å². The zero-order valence-electron chi connectivity index (χ0n) is 16.3. The first-order valence-electron chi connectivity index (χ1n) is 9.28. The number of nitrogens with zero attached hydrogens (tertiary/aromatic N) is 4. The lowest BCUT2D eigenvalue weighted by Crippen LogP contribution is -2.15. The van der Waals surface area contributed by atoms with Crippen molar-refractivity contribution in [2.45, 2.75) is 13.3 Å². The van der Waals surface area contributed by atoms with Gasteiger partial charge in [0, 0.05) is 34.1 Å². The van der Waals surface area contributed by atoms with E-state index in [0.29, 0.717) is 31.6 Å². The van der Waals surface area contributed by atoms with Crippen LogP contribution in [0.5, 0.6) is 5.75 Å². The van der Waals surface area contributed by atoms with Gasteiger partial charge in [0.25, 0.3) is 5.91 Å². The molecule has 0 aliphatic heterocycles. The molecule has 1 N–H and O–H groups in total. The average molecular weight is 539 g/mol. The van der Waals surface area contributed by atoms with Crippen molar-refractivity contribution < 1.29 is 13.9 Å². The van der Waals surface area contributed by atoms with Crippen molar-refractivity contribution in [3.63, 3.8) is 0 Å². The number of anilines is 1. The van der Waals surface area contributed by atoms with Crippen LogP contribution in [-0.4, -0.2) is 25.5 Å². The fraction of sp³-hybridized carbons (Fsp3) is 0.0952. The van der Waals surface area contributed by atoms with Crippen molar-refractivity contribution in [1.82, 2.24) is 19.6 Å². The van der Waals surface area contributed by atoms with Gasteiger partial charge < -0.3 is 10.1 Å². The van der Waals surface area contributed by atoms with Gasteiger partial charge in [0.05, 0.1) is 11.0 Å². The fourth-order valence-corrected chi connectivity index (χ4v) is 3.84. The molecule has 0 unspecified atom stereocenters. The number of hydrogen-bond acceptors (Lipinski definition) is 4. The zero-order chi connectivity index (χ0) is 22.7. The Morgan fingerprint density at radius 1 is 1.09 bits per heavy atom. The number of hydrogen-bond donors (Lipinski definition) is 1. The SMILES string of the molecule is O=C(Nc1ccn(Cc2c(F)cccc2Cl)n1)c1ccn(COc2ccc(Cl)cc2Br)n1. The van der Waals surface area contributed by atoms with Crippen LogP contribution in [0.3, 0.4) is 0 Å². The summed E-state index contributed by atoms with van der Waals surface area (Å²) in [6.45, 7) is 0.235. The summed E-state index contributed by atoms with van der Waals surface area (Å²) >= 11 is 15.3. The Hall–Kier alpha value is -2.88. The third-order valence-electron chi connectivity index (χ3n) is 4.38. The maximum atomic E-state index is 14.0. The number of amides is 1. The quantitative estimate of drug-likeness (QED) is 0.331. The van der Waals surface area contributed by atoms with Crippen LogP contribution < -0.4 is 10.1 Å². The monoisotopic (exact) mass is 537 g/mol. The summed E-state index contributed by atoms with van der Waals surface area (Å²) in [5, 5.41) is 12.0. The lowest BCUT2D eigenvalue weighted by Gasteiger charge is -2.08. The van der Waals surface area contributed by atoms with Crippen LogP contribution >= 0.6 is 39.1 Å². The van der Waals surface area contributed by atoms with Crippen molar-refractivity contribution in [3.8, 4) is 5.75 Å². The van der Waals surface area contributed by atoms with E-state index in [1.807, 2.05) is 0 Å². The highest BCUT2D eigenvalue weighted by molar-refractivity contribution is 9.10. The van der Waals surface area contributed by atoms with Gasteiger partial charge in [-0.15, -0.1) is 0 Å². The molecule has 2 aromatic carbocycles. The average Bonchev–Trinajstić information content (AvgIpc) is 3.40. The van der Waals surface area contributed by atoms with Gasteiger partial charge in [-0.3, -0.25) is 9.48 Å². The molecule has 0 atom stereocenters. The summed E-state index contributed by atoms with van der Waals surface area (Å²) in [5.41, 5.74) is 0.511. The second-order valence-corrected chi connectivity index (χ2v) is 8.34. The number of ether oxygens (including phenoxy) is 1. The first-order chi connectivity index (χ1) is 15.4. The predicted octanol–water partition coefficient (Wildman–Crippen LogP) is 5.63. The predicted molar refractivity (Wildman–Crippen MR) is 123 cm³/mol. The first kappa shape index (κ1) is 22.3. The van der Waals surface area contributed by atoms with E-state index in [2.05, 4.69) is 31.4 Å². The summed E-state index contributed by atoms with van der Waals surface area (Å²) in [6, 6.07) is 12.8. The maximum absolute atomic E-state index is 14.0. The van der Waals surface area contributed by atoms with Crippen molar-refractivity contribution in [2.24, 2.45) is 0 Å². The Morgan fingerprint density at radius 2 is 1.91 bits per heavy atom. The molecule has 0 bridgehead atoms. The van der Waals surface area contributed by atoms with Gasteiger partial charge in [0.15, 0.2) is 18.2 Å². The van der Waals surface area contributed by atoms with Gasteiger partial charge in [-0.2, -0.15) is 10.2 Å². The fourth-order valence-electron chi connectivity index (χ4n) is 2.82. The number of aromatic nitrogens is 4. The van der Waals surface area contributed by atoms with Crippen molar-refractivity contribution in [1.29, 1.82) is 0 Å². The van der Waals surface area contributed by atoms with Gasteiger partial charge in [0.1, 0.15) is 11.6 Å². The minimum absolute atomic E-state index is 0.103. The van der Waals surface area contributed by atoms with Gasteiger partial charge in [0.2, 0.25) is 0 Å². The Morgan fingerprint density at radius 3 is 2.69 bits per heavy atom. The van der Waals surface area contributed by atoms with Gasteiger partial charge in [-0.25, -0.2) is 9.07 Å². The standard InChI is InChI=1S/C21H15BrCl2FN5O2/c22-15-10-13(23)4-5-19(15)32-12-30-8-6-18(27-30)21(31)26-20-7-9-29(28-20)11-14-16(24)2-1-3-17(14)25/h1-10H,11-12H2,(H,26,28,31). The van der Waals surface area contributed by atoms with E-state index in [1.165, 1.54) is 21.5 Å². The summed E-state index contributed by atoms with van der Waals surface area (Å²) in [6.07, 6.45) is 3.24. The molecule has 11 heteroatoms. The highest BCUT2D eigenvalue weighted by Crippen LogP contribution is 2.28. The van der Waals surface area contributed by atoms with Crippen molar-refractivity contribution in [3.05, 3.63) is 92.5 Å². The van der Waals surface area contributed by atoms with E-state index in [1.54, 1.807) is 48.8 Å². The summed E-state index contributed by atoms with van der Waals surface area (Å²) in [4.78, 5) is 12.5. The third kappa shape index (κ3) is 5.29. The van der Waals surface area contributed by atoms with Crippen LogP contribution in [-0.2, 0) is 13.3 Å². The molecule has 0 aliphatic rings. The molecule has 0 aliphatic carbocycles. The second-order valence-electron chi connectivity index (χ2n) is 6.64. The number of halogens is 4. The Bertz CT molecular complexity index is 1260. The van der Waals surface area contributed by atoms with Gasteiger partial charge in [-0.1, -0.05) is 29.3 Å². The zero-order valence-corrected chi connectivity index (χ0v) is 19.4. The van der Waals surface area contributed by atoms with Crippen LogP contribution in [0.15, 0.2) is 65.4 Å². The highest BCUT2D eigenvalue weighted by atomic mass is 79.9. The molecular weight excluding hydrogens is 524 g/mol. The molecule has 0 spiro atoms. The smallest absolute Gasteiger partial charge is 0.277 e. The minimum Gasteiger partial charge on any atom is -0.470 e. The molecule has 2 heterocycles. The largest absolute Gasteiger partial charge is 0.470 e. The molecule has 4 rings (SSSR count). The Labute approximate surface area is 200 Å². The molecule has 1 amide bonds. The highest BCUT2D eigenvalue weighted by Gasteiger charge is 2.13. The number of rotatable bonds is 7. The van der Waals surface area contributed by atoms with E-state index in [4.69, 9.17) is 27.9 Å². The molecule has 7 nitrogen and oxygen atoms in total. The van der Waals surface area contributed by atoms with E-state index >= 15 is 0 Å². The minimum atomic E-state index is -0.439. The van der Waals surface area contributed by atoms with Crippen LogP contribution in [0.25, 0.3) is 0 Å². The topological polar surface area (TPSA) is 74.0 Å². The number of benzene rings is 2. The molecule has 4 aromatic rings. The maximum Gasteiger partial charge on any atom is 0.277 e.